The minimum Gasteiger partial charge on any atom is -0.451 e. The molecule has 2 amide bonds. The Balaban J connectivity index is 1.74. The van der Waals surface area contributed by atoms with Crippen LogP contribution in [0.25, 0.3) is 11.3 Å². The Bertz CT molecular complexity index is 1040. The van der Waals surface area contributed by atoms with Crippen LogP contribution in [0.15, 0.2) is 65.1 Å². The highest BCUT2D eigenvalue weighted by Gasteiger charge is 2.30. The number of rotatable bonds is 4. The van der Waals surface area contributed by atoms with Crippen LogP contribution in [0.2, 0.25) is 0 Å². The van der Waals surface area contributed by atoms with Crippen LogP contribution in [-0.4, -0.2) is 30.8 Å². The number of benzene rings is 2. The standard InChI is InChI=1S/C21H17F3N2O3/c1-26(2)20(28)13-6-8-16(9-7-13)25-19(27)18-11-10-17(29-18)14-4-3-5-15(12-14)21(22,23)24/h3-12H,1-2H3,(H,25,27). The van der Waals surface area contributed by atoms with Gasteiger partial charge in [-0.2, -0.15) is 13.2 Å². The minimum atomic E-state index is -4.47. The predicted octanol–water partition coefficient (Wildman–Crippen LogP) is 4.92. The van der Waals surface area contributed by atoms with Gasteiger partial charge in [0.25, 0.3) is 11.8 Å². The molecule has 3 aromatic rings. The predicted molar refractivity (Wildman–Crippen MR) is 102 cm³/mol. The lowest BCUT2D eigenvalue weighted by Gasteiger charge is -2.10. The van der Waals surface area contributed by atoms with Crippen molar-refractivity contribution in [3.05, 3.63) is 77.6 Å². The first-order valence-corrected chi connectivity index (χ1v) is 8.55. The van der Waals surface area contributed by atoms with E-state index in [2.05, 4.69) is 5.32 Å². The highest BCUT2D eigenvalue weighted by molar-refractivity contribution is 6.03. The van der Waals surface area contributed by atoms with E-state index in [-0.39, 0.29) is 23.0 Å². The number of alkyl halides is 3. The van der Waals surface area contributed by atoms with Gasteiger partial charge in [-0.1, -0.05) is 12.1 Å². The Hall–Kier alpha value is -3.55. The number of nitrogens with one attached hydrogen (secondary N) is 1. The van der Waals surface area contributed by atoms with E-state index in [0.717, 1.165) is 12.1 Å². The van der Waals surface area contributed by atoms with E-state index >= 15 is 0 Å². The van der Waals surface area contributed by atoms with Gasteiger partial charge in [-0.3, -0.25) is 9.59 Å². The summed E-state index contributed by atoms with van der Waals surface area (Å²) in [6.45, 7) is 0. The minimum absolute atomic E-state index is 0.0501. The number of amides is 2. The van der Waals surface area contributed by atoms with Gasteiger partial charge in [0.05, 0.1) is 5.56 Å². The van der Waals surface area contributed by atoms with E-state index in [1.54, 1.807) is 38.4 Å². The Morgan fingerprint density at radius 3 is 2.28 bits per heavy atom. The zero-order chi connectivity index (χ0) is 21.2. The first kappa shape index (κ1) is 20.2. The fourth-order valence-corrected chi connectivity index (χ4v) is 2.61. The molecule has 29 heavy (non-hydrogen) atoms. The number of furan rings is 1. The van der Waals surface area contributed by atoms with Gasteiger partial charge in [-0.05, 0) is 48.5 Å². The smallest absolute Gasteiger partial charge is 0.416 e. The van der Waals surface area contributed by atoms with Gasteiger partial charge in [-0.25, -0.2) is 0 Å². The molecule has 0 saturated heterocycles. The lowest BCUT2D eigenvalue weighted by molar-refractivity contribution is -0.137. The first-order chi connectivity index (χ1) is 13.6. The molecule has 1 N–H and O–H groups in total. The molecule has 0 unspecified atom stereocenters. The maximum atomic E-state index is 12.9. The quantitative estimate of drug-likeness (QED) is 0.674. The Labute approximate surface area is 164 Å². The molecule has 0 aliphatic carbocycles. The van der Waals surface area contributed by atoms with Crippen LogP contribution in [0, 0.1) is 0 Å². The van der Waals surface area contributed by atoms with Gasteiger partial charge in [0.1, 0.15) is 5.76 Å². The third-order valence-corrected chi connectivity index (χ3v) is 4.10. The highest BCUT2D eigenvalue weighted by Crippen LogP contribution is 2.32. The van der Waals surface area contributed by atoms with Crippen LogP contribution in [0.3, 0.4) is 0 Å². The van der Waals surface area contributed by atoms with Crippen LogP contribution in [0.1, 0.15) is 26.5 Å². The molecule has 0 bridgehead atoms. The number of anilines is 1. The third-order valence-electron chi connectivity index (χ3n) is 4.10. The van der Waals surface area contributed by atoms with Crippen molar-refractivity contribution in [2.75, 3.05) is 19.4 Å². The van der Waals surface area contributed by atoms with Crippen LogP contribution < -0.4 is 5.32 Å². The lowest BCUT2D eigenvalue weighted by Crippen LogP contribution is -2.21. The summed E-state index contributed by atoms with van der Waals surface area (Å²) in [5.74, 6) is -0.631. The fraction of sp³-hybridized carbons (Fsp3) is 0.143. The molecular weight excluding hydrogens is 385 g/mol. The van der Waals surface area contributed by atoms with Crippen molar-refractivity contribution in [2.24, 2.45) is 0 Å². The van der Waals surface area contributed by atoms with Crippen molar-refractivity contribution in [1.29, 1.82) is 0 Å². The second-order valence-corrected chi connectivity index (χ2v) is 6.47. The summed E-state index contributed by atoms with van der Waals surface area (Å²) in [4.78, 5) is 25.7. The third kappa shape index (κ3) is 4.66. The van der Waals surface area contributed by atoms with Crippen molar-refractivity contribution in [1.82, 2.24) is 4.90 Å². The monoisotopic (exact) mass is 402 g/mol. The molecule has 8 heteroatoms. The second-order valence-electron chi connectivity index (χ2n) is 6.47. The summed E-state index contributed by atoms with van der Waals surface area (Å²) in [6, 6.07) is 13.8. The molecule has 3 rings (SSSR count). The molecule has 0 radical (unpaired) electrons. The first-order valence-electron chi connectivity index (χ1n) is 8.55. The number of carbonyl (C=O) groups excluding carboxylic acids is 2. The van der Waals surface area contributed by atoms with Crippen LogP contribution in [0.4, 0.5) is 18.9 Å². The van der Waals surface area contributed by atoms with E-state index in [4.69, 9.17) is 4.42 Å². The summed E-state index contributed by atoms with van der Waals surface area (Å²) in [6.07, 6.45) is -4.47. The molecule has 5 nitrogen and oxygen atoms in total. The number of hydrogen-bond acceptors (Lipinski definition) is 3. The van der Waals surface area contributed by atoms with E-state index in [9.17, 15) is 22.8 Å². The van der Waals surface area contributed by atoms with Gasteiger partial charge in [0, 0.05) is 30.9 Å². The Morgan fingerprint density at radius 1 is 0.966 bits per heavy atom. The van der Waals surface area contributed by atoms with Crippen molar-refractivity contribution in [3.63, 3.8) is 0 Å². The molecule has 0 saturated carbocycles. The summed E-state index contributed by atoms with van der Waals surface area (Å²) >= 11 is 0. The molecular formula is C21H17F3N2O3. The van der Waals surface area contributed by atoms with Crippen LogP contribution in [-0.2, 0) is 6.18 Å². The molecule has 150 valence electrons. The normalized spacial score (nSPS) is 11.2. The molecule has 0 atom stereocenters. The largest absolute Gasteiger partial charge is 0.451 e. The summed E-state index contributed by atoms with van der Waals surface area (Å²) in [5, 5.41) is 2.62. The van der Waals surface area contributed by atoms with Crippen LogP contribution in [0.5, 0.6) is 0 Å². The number of halogens is 3. The maximum absolute atomic E-state index is 12.9. The maximum Gasteiger partial charge on any atom is 0.416 e. The molecule has 1 heterocycles. The van der Waals surface area contributed by atoms with Gasteiger partial charge in [0.2, 0.25) is 0 Å². The average molecular weight is 402 g/mol. The lowest BCUT2D eigenvalue weighted by atomic mass is 10.1. The van der Waals surface area contributed by atoms with Crippen molar-refractivity contribution in [3.8, 4) is 11.3 Å². The molecule has 0 aliphatic heterocycles. The number of carbonyl (C=O) groups is 2. The van der Waals surface area contributed by atoms with Crippen molar-refractivity contribution >= 4 is 17.5 Å². The highest BCUT2D eigenvalue weighted by atomic mass is 19.4. The zero-order valence-corrected chi connectivity index (χ0v) is 15.6. The Morgan fingerprint density at radius 2 is 1.66 bits per heavy atom. The molecule has 2 aromatic carbocycles. The van der Waals surface area contributed by atoms with Gasteiger partial charge in [-0.15, -0.1) is 0 Å². The zero-order valence-electron chi connectivity index (χ0n) is 15.6. The summed E-state index contributed by atoms with van der Waals surface area (Å²) < 4.78 is 44.0. The topological polar surface area (TPSA) is 62.6 Å². The van der Waals surface area contributed by atoms with Gasteiger partial charge in [0.15, 0.2) is 5.76 Å². The van der Waals surface area contributed by atoms with Gasteiger partial charge < -0.3 is 14.6 Å². The van der Waals surface area contributed by atoms with E-state index < -0.39 is 17.6 Å². The van der Waals surface area contributed by atoms with Crippen molar-refractivity contribution in [2.45, 2.75) is 6.18 Å². The van der Waals surface area contributed by atoms with E-state index in [1.807, 2.05) is 0 Å². The van der Waals surface area contributed by atoms with Crippen molar-refractivity contribution < 1.29 is 27.2 Å². The molecule has 1 aromatic heterocycles. The van der Waals surface area contributed by atoms with E-state index in [1.165, 1.54) is 29.2 Å². The van der Waals surface area contributed by atoms with E-state index in [0.29, 0.717) is 11.3 Å². The number of nitrogens with zero attached hydrogens (tertiary/aromatic N) is 1. The van der Waals surface area contributed by atoms with Crippen LogP contribution >= 0.6 is 0 Å². The second kappa shape index (κ2) is 7.83. The SMILES string of the molecule is CN(C)C(=O)c1ccc(NC(=O)c2ccc(-c3cccc(C(F)(F)F)c3)o2)cc1. The van der Waals surface area contributed by atoms with Gasteiger partial charge >= 0.3 is 6.18 Å². The summed E-state index contributed by atoms with van der Waals surface area (Å²) in [7, 11) is 3.27. The average Bonchev–Trinajstić information content (AvgIpc) is 3.18. The molecule has 0 fully saturated rings. The summed E-state index contributed by atoms with van der Waals surface area (Å²) in [5.41, 5.74) is 0.329. The fourth-order valence-electron chi connectivity index (χ4n) is 2.61. The number of hydrogen-bond donors (Lipinski definition) is 1. The molecule has 0 spiro atoms. The Kier molecular flexibility index (Phi) is 5.45. The molecule has 0 aliphatic rings.